The zero-order valence-corrected chi connectivity index (χ0v) is 10.6. The van der Waals surface area contributed by atoms with Gasteiger partial charge in [0.2, 0.25) is 0 Å². The van der Waals surface area contributed by atoms with Crippen LogP contribution < -0.4 is 0 Å². The van der Waals surface area contributed by atoms with Gasteiger partial charge in [-0.05, 0) is 24.7 Å². The lowest BCUT2D eigenvalue weighted by molar-refractivity contribution is 0.0760. The summed E-state index contributed by atoms with van der Waals surface area (Å²) in [4.78, 5) is 16.4. The van der Waals surface area contributed by atoms with Gasteiger partial charge in [-0.2, -0.15) is 0 Å². The Morgan fingerprint density at radius 2 is 1.94 bits per heavy atom. The van der Waals surface area contributed by atoms with Crippen LogP contribution in [0.5, 0.6) is 0 Å². The Labute approximate surface area is 103 Å². The minimum absolute atomic E-state index is 0.188. The molecular formula is C14H20N2O. The fourth-order valence-corrected chi connectivity index (χ4v) is 2.30. The van der Waals surface area contributed by atoms with E-state index in [0.717, 1.165) is 43.9 Å². The van der Waals surface area contributed by atoms with Crippen LogP contribution in [-0.2, 0) is 6.54 Å². The number of benzene rings is 1. The minimum Gasteiger partial charge on any atom is -0.333 e. The summed E-state index contributed by atoms with van der Waals surface area (Å²) >= 11 is 0. The first-order valence-electron chi connectivity index (χ1n) is 6.35. The Hall–Kier alpha value is -1.35. The summed E-state index contributed by atoms with van der Waals surface area (Å²) in [5, 5.41) is 0. The zero-order valence-electron chi connectivity index (χ0n) is 10.6. The molecule has 0 bridgehead atoms. The highest BCUT2D eigenvalue weighted by atomic mass is 16.2. The number of rotatable bonds is 5. The van der Waals surface area contributed by atoms with Crippen LogP contribution in [0.25, 0.3) is 0 Å². The van der Waals surface area contributed by atoms with Crippen LogP contribution in [0.4, 0.5) is 0 Å². The van der Waals surface area contributed by atoms with E-state index in [4.69, 9.17) is 0 Å². The lowest BCUT2D eigenvalue weighted by atomic mass is 10.1. The minimum atomic E-state index is 0.188. The van der Waals surface area contributed by atoms with E-state index < -0.39 is 0 Å². The number of carbonyl (C=O) groups excluding carboxylic acids is 1. The van der Waals surface area contributed by atoms with Crippen LogP contribution in [0.1, 0.15) is 29.8 Å². The van der Waals surface area contributed by atoms with E-state index in [1.807, 2.05) is 29.2 Å². The molecule has 0 N–H and O–H groups in total. The Bertz CT molecular complexity index is 399. The Morgan fingerprint density at radius 1 is 1.24 bits per heavy atom. The van der Waals surface area contributed by atoms with Gasteiger partial charge >= 0.3 is 0 Å². The summed E-state index contributed by atoms with van der Waals surface area (Å²) in [6, 6.07) is 7.91. The van der Waals surface area contributed by atoms with E-state index in [1.165, 1.54) is 0 Å². The van der Waals surface area contributed by atoms with Crippen molar-refractivity contribution in [1.82, 2.24) is 9.80 Å². The molecule has 0 saturated heterocycles. The monoisotopic (exact) mass is 232 g/mol. The molecular weight excluding hydrogens is 212 g/mol. The quantitative estimate of drug-likeness (QED) is 0.775. The molecule has 1 aromatic carbocycles. The molecule has 0 radical (unpaired) electrons. The van der Waals surface area contributed by atoms with Crippen molar-refractivity contribution in [2.45, 2.75) is 20.4 Å². The molecule has 0 saturated carbocycles. The number of hydrogen-bond donors (Lipinski definition) is 0. The molecule has 0 unspecified atom stereocenters. The topological polar surface area (TPSA) is 23.6 Å². The smallest absolute Gasteiger partial charge is 0.254 e. The van der Waals surface area contributed by atoms with Crippen LogP contribution in [0.15, 0.2) is 24.3 Å². The number of amides is 1. The lowest BCUT2D eigenvalue weighted by Crippen LogP contribution is -2.35. The van der Waals surface area contributed by atoms with Crippen molar-refractivity contribution in [3.05, 3.63) is 35.4 Å². The van der Waals surface area contributed by atoms with Gasteiger partial charge in [0.15, 0.2) is 0 Å². The average molecular weight is 232 g/mol. The molecule has 2 rings (SSSR count). The van der Waals surface area contributed by atoms with E-state index in [9.17, 15) is 4.79 Å². The van der Waals surface area contributed by atoms with Crippen LogP contribution >= 0.6 is 0 Å². The number of likely N-dealkylation sites (N-methyl/N-ethyl adjacent to an activating group) is 1. The normalized spacial score (nSPS) is 14.5. The molecule has 1 heterocycles. The van der Waals surface area contributed by atoms with Crippen molar-refractivity contribution in [3.8, 4) is 0 Å². The first-order valence-corrected chi connectivity index (χ1v) is 6.35. The Balaban J connectivity index is 1.96. The predicted octanol–water partition coefficient (Wildman–Crippen LogP) is 1.98. The van der Waals surface area contributed by atoms with Crippen molar-refractivity contribution >= 4 is 5.91 Å². The third-order valence-electron chi connectivity index (χ3n) is 3.48. The second-order valence-corrected chi connectivity index (χ2v) is 4.41. The SMILES string of the molecule is CCN(CC)CCN1Cc2ccccc2C1=O. The molecule has 1 aromatic rings. The highest BCUT2D eigenvalue weighted by Gasteiger charge is 2.26. The van der Waals surface area contributed by atoms with Crippen LogP contribution in [0.2, 0.25) is 0 Å². The Morgan fingerprint density at radius 3 is 2.59 bits per heavy atom. The molecule has 0 aliphatic carbocycles. The number of nitrogens with zero attached hydrogens (tertiary/aromatic N) is 2. The van der Waals surface area contributed by atoms with Gasteiger partial charge in [-0.15, -0.1) is 0 Å². The van der Waals surface area contributed by atoms with Crippen LogP contribution in [0, 0.1) is 0 Å². The summed E-state index contributed by atoms with van der Waals surface area (Å²) in [5.74, 6) is 0.188. The molecule has 3 nitrogen and oxygen atoms in total. The summed E-state index contributed by atoms with van der Waals surface area (Å²) < 4.78 is 0. The fourth-order valence-electron chi connectivity index (χ4n) is 2.30. The van der Waals surface area contributed by atoms with Crippen molar-refractivity contribution in [1.29, 1.82) is 0 Å². The first kappa shape index (κ1) is 12.1. The molecule has 0 atom stereocenters. The van der Waals surface area contributed by atoms with Crippen molar-refractivity contribution in [2.24, 2.45) is 0 Å². The number of fused-ring (bicyclic) bond motifs is 1. The summed E-state index contributed by atoms with van der Waals surface area (Å²) in [5.41, 5.74) is 2.05. The highest BCUT2D eigenvalue weighted by molar-refractivity contribution is 5.98. The molecule has 17 heavy (non-hydrogen) atoms. The molecule has 3 heteroatoms. The van der Waals surface area contributed by atoms with E-state index in [0.29, 0.717) is 0 Å². The maximum atomic E-state index is 12.1. The molecule has 0 spiro atoms. The summed E-state index contributed by atoms with van der Waals surface area (Å²) in [6.45, 7) is 8.98. The standard InChI is InChI=1S/C14H20N2O/c1-3-15(4-2)9-10-16-11-12-7-5-6-8-13(12)14(16)17/h5-8H,3-4,9-11H2,1-2H3. The van der Waals surface area contributed by atoms with Crippen LogP contribution in [-0.4, -0.2) is 41.9 Å². The summed E-state index contributed by atoms with van der Waals surface area (Å²) in [7, 11) is 0. The lowest BCUT2D eigenvalue weighted by Gasteiger charge is -2.22. The van der Waals surface area contributed by atoms with E-state index in [1.54, 1.807) is 0 Å². The molecule has 92 valence electrons. The number of hydrogen-bond acceptors (Lipinski definition) is 2. The zero-order chi connectivity index (χ0) is 12.3. The average Bonchev–Trinajstić information content (AvgIpc) is 2.68. The van der Waals surface area contributed by atoms with Crippen molar-refractivity contribution in [2.75, 3.05) is 26.2 Å². The predicted molar refractivity (Wildman–Crippen MR) is 69.0 cm³/mol. The van der Waals surface area contributed by atoms with Gasteiger partial charge in [-0.3, -0.25) is 4.79 Å². The molecule has 1 amide bonds. The van der Waals surface area contributed by atoms with Crippen LogP contribution in [0.3, 0.4) is 0 Å². The van der Waals surface area contributed by atoms with Gasteiger partial charge in [0.1, 0.15) is 0 Å². The highest BCUT2D eigenvalue weighted by Crippen LogP contribution is 2.21. The Kier molecular flexibility index (Phi) is 3.79. The van der Waals surface area contributed by atoms with Crippen molar-refractivity contribution in [3.63, 3.8) is 0 Å². The van der Waals surface area contributed by atoms with E-state index in [-0.39, 0.29) is 5.91 Å². The van der Waals surface area contributed by atoms with E-state index >= 15 is 0 Å². The summed E-state index contributed by atoms with van der Waals surface area (Å²) in [6.07, 6.45) is 0. The second kappa shape index (κ2) is 5.32. The van der Waals surface area contributed by atoms with Gasteiger partial charge in [0.05, 0.1) is 0 Å². The van der Waals surface area contributed by atoms with Crippen molar-refractivity contribution < 1.29 is 4.79 Å². The van der Waals surface area contributed by atoms with Gasteiger partial charge in [0.25, 0.3) is 5.91 Å². The van der Waals surface area contributed by atoms with Gasteiger partial charge in [-0.1, -0.05) is 32.0 Å². The largest absolute Gasteiger partial charge is 0.333 e. The fraction of sp³-hybridized carbons (Fsp3) is 0.500. The van der Waals surface area contributed by atoms with E-state index in [2.05, 4.69) is 18.7 Å². The second-order valence-electron chi connectivity index (χ2n) is 4.41. The third kappa shape index (κ3) is 2.50. The number of carbonyl (C=O) groups is 1. The third-order valence-corrected chi connectivity index (χ3v) is 3.48. The maximum absolute atomic E-state index is 12.1. The van der Waals surface area contributed by atoms with Gasteiger partial charge in [0, 0.05) is 25.2 Å². The molecule has 0 fully saturated rings. The maximum Gasteiger partial charge on any atom is 0.254 e. The molecule has 0 aromatic heterocycles. The van der Waals surface area contributed by atoms with Gasteiger partial charge in [-0.25, -0.2) is 0 Å². The molecule has 1 aliphatic rings. The van der Waals surface area contributed by atoms with Gasteiger partial charge < -0.3 is 9.80 Å². The molecule has 1 aliphatic heterocycles. The first-order chi connectivity index (χ1) is 8.26.